The number of hydrogen-bond acceptors (Lipinski definition) is 5. The minimum absolute atomic E-state index is 0.155. The van der Waals surface area contributed by atoms with Crippen molar-refractivity contribution in [3.63, 3.8) is 0 Å². The summed E-state index contributed by atoms with van der Waals surface area (Å²) in [5.74, 6) is -1.27. The molecule has 13 heavy (non-hydrogen) atoms. The lowest BCUT2D eigenvalue weighted by atomic mass is 10.1. The van der Waals surface area contributed by atoms with Crippen LogP contribution >= 0.6 is 0 Å². The maximum absolute atomic E-state index is 9.33. The summed E-state index contributed by atoms with van der Waals surface area (Å²) in [6, 6.07) is 0.926. The maximum atomic E-state index is 9.33. The summed E-state index contributed by atoms with van der Waals surface area (Å²) in [4.78, 5) is 0. The molecule has 5 N–H and O–H groups in total. The van der Waals surface area contributed by atoms with Crippen LogP contribution in [-0.2, 0) is 0 Å². The Labute approximate surface area is 74.0 Å². The number of hydrogen-bond donors (Lipinski definition) is 4. The number of nitrogens with two attached hydrogens (primary N) is 1. The summed E-state index contributed by atoms with van der Waals surface area (Å²) in [6.45, 7) is 0.242. The number of rotatable bonds is 0. The number of phenolic OH excluding ortho intramolecular Hbond substituents is 3. The molecule has 0 spiro atoms. The highest BCUT2D eigenvalue weighted by atomic mass is 16.5. The van der Waals surface area contributed by atoms with Gasteiger partial charge in [0, 0.05) is 5.56 Å². The predicted molar refractivity (Wildman–Crippen MR) is 43.9 cm³/mol. The second kappa shape index (κ2) is 2.43. The van der Waals surface area contributed by atoms with E-state index in [1.165, 1.54) is 6.07 Å². The highest BCUT2D eigenvalue weighted by Crippen LogP contribution is 2.48. The van der Waals surface area contributed by atoms with E-state index in [9.17, 15) is 5.11 Å². The van der Waals surface area contributed by atoms with Crippen molar-refractivity contribution in [2.45, 2.75) is 6.04 Å². The number of benzene rings is 1. The summed E-state index contributed by atoms with van der Waals surface area (Å²) in [7, 11) is 0. The Morgan fingerprint density at radius 3 is 2.69 bits per heavy atom. The van der Waals surface area contributed by atoms with Crippen LogP contribution in [0.3, 0.4) is 0 Å². The van der Waals surface area contributed by atoms with Crippen LogP contribution in [0.1, 0.15) is 11.6 Å². The smallest absolute Gasteiger partial charge is 0.204 e. The topological polar surface area (TPSA) is 95.9 Å². The number of ether oxygens (including phenoxy) is 1. The van der Waals surface area contributed by atoms with Crippen LogP contribution in [0.25, 0.3) is 0 Å². The SMILES string of the molecule is NC1COc2c1cc(O)c(O)c2O. The summed E-state index contributed by atoms with van der Waals surface area (Å²) in [5, 5.41) is 27.6. The van der Waals surface area contributed by atoms with Crippen LogP contribution in [0.2, 0.25) is 0 Å². The minimum atomic E-state index is -0.576. The van der Waals surface area contributed by atoms with Gasteiger partial charge in [0.1, 0.15) is 6.61 Å². The van der Waals surface area contributed by atoms with E-state index in [0.29, 0.717) is 5.56 Å². The van der Waals surface area contributed by atoms with Crippen LogP contribution in [0, 0.1) is 0 Å². The predicted octanol–water partition coefficient (Wildman–Crippen LogP) is 0.196. The average Bonchev–Trinajstić information content (AvgIpc) is 2.45. The molecule has 1 aliphatic rings. The molecule has 1 unspecified atom stereocenters. The maximum Gasteiger partial charge on any atom is 0.204 e. The first-order valence-electron chi connectivity index (χ1n) is 3.77. The Morgan fingerprint density at radius 2 is 2.00 bits per heavy atom. The van der Waals surface area contributed by atoms with Gasteiger partial charge in [0.2, 0.25) is 11.5 Å². The highest BCUT2D eigenvalue weighted by molar-refractivity contribution is 5.62. The van der Waals surface area contributed by atoms with E-state index in [1.54, 1.807) is 0 Å². The first-order chi connectivity index (χ1) is 6.11. The molecule has 1 aromatic carbocycles. The number of aromatic hydroxyl groups is 3. The average molecular weight is 183 g/mol. The Balaban J connectivity index is 2.67. The molecule has 0 amide bonds. The zero-order valence-electron chi connectivity index (χ0n) is 6.69. The van der Waals surface area contributed by atoms with E-state index in [4.69, 9.17) is 20.7 Å². The van der Waals surface area contributed by atoms with Gasteiger partial charge < -0.3 is 25.8 Å². The van der Waals surface area contributed by atoms with Crippen molar-refractivity contribution in [2.75, 3.05) is 6.61 Å². The molecule has 1 heterocycles. The van der Waals surface area contributed by atoms with E-state index < -0.39 is 17.2 Å². The lowest BCUT2D eigenvalue weighted by molar-refractivity contribution is 0.306. The molecule has 70 valence electrons. The quantitative estimate of drug-likeness (QED) is 0.431. The summed E-state index contributed by atoms with van der Waals surface area (Å²) in [5.41, 5.74) is 6.11. The number of fused-ring (bicyclic) bond motifs is 1. The van der Waals surface area contributed by atoms with E-state index in [2.05, 4.69) is 0 Å². The molecule has 0 fully saturated rings. The summed E-state index contributed by atoms with van der Waals surface area (Å²) in [6.07, 6.45) is 0. The molecule has 0 saturated carbocycles. The molecule has 5 heteroatoms. The molecule has 0 aliphatic carbocycles. The Kier molecular flexibility index (Phi) is 1.50. The second-order valence-electron chi connectivity index (χ2n) is 2.93. The van der Waals surface area contributed by atoms with Crippen molar-refractivity contribution in [3.05, 3.63) is 11.6 Å². The molecule has 1 aliphatic heterocycles. The fraction of sp³-hybridized carbons (Fsp3) is 0.250. The lowest BCUT2D eigenvalue weighted by Gasteiger charge is -2.06. The molecule has 2 rings (SSSR count). The molecule has 0 aromatic heterocycles. The third-order valence-corrected chi connectivity index (χ3v) is 2.04. The van der Waals surface area contributed by atoms with Gasteiger partial charge in [-0.05, 0) is 6.07 Å². The Hall–Kier alpha value is -1.62. The lowest BCUT2D eigenvalue weighted by Crippen LogP contribution is -2.10. The Morgan fingerprint density at radius 1 is 1.31 bits per heavy atom. The fourth-order valence-corrected chi connectivity index (χ4v) is 1.34. The van der Waals surface area contributed by atoms with Gasteiger partial charge in [0.15, 0.2) is 11.5 Å². The van der Waals surface area contributed by atoms with Gasteiger partial charge in [0.25, 0.3) is 0 Å². The van der Waals surface area contributed by atoms with Gasteiger partial charge >= 0.3 is 0 Å². The summed E-state index contributed by atoms with van der Waals surface area (Å²) >= 11 is 0. The van der Waals surface area contributed by atoms with Crippen molar-refractivity contribution in [2.24, 2.45) is 5.73 Å². The van der Waals surface area contributed by atoms with E-state index >= 15 is 0 Å². The van der Waals surface area contributed by atoms with Gasteiger partial charge in [-0.3, -0.25) is 0 Å². The molecule has 0 radical (unpaired) electrons. The van der Waals surface area contributed by atoms with Crippen LogP contribution in [0.15, 0.2) is 6.07 Å². The molecular weight excluding hydrogens is 174 g/mol. The monoisotopic (exact) mass is 183 g/mol. The zero-order valence-corrected chi connectivity index (χ0v) is 6.69. The third kappa shape index (κ3) is 0.972. The molecular formula is C8H9NO4. The van der Waals surface area contributed by atoms with Gasteiger partial charge in [-0.25, -0.2) is 0 Å². The largest absolute Gasteiger partial charge is 0.504 e. The standard InChI is InChI=1S/C8H9NO4/c9-4-2-13-8-3(4)1-5(10)6(11)7(8)12/h1,4,10-12H,2,9H2. The van der Waals surface area contributed by atoms with Crippen molar-refractivity contribution in [1.82, 2.24) is 0 Å². The van der Waals surface area contributed by atoms with E-state index in [1.807, 2.05) is 0 Å². The van der Waals surface area contributed by atoms with Crippen LogP contribution in [0.5, 0.6) is 23.0 Å². The molecule has 0 bridgehead atoms. The molecule has 1 atom stereocenters. The summed E-state index contributed by atoms with van der Waals surface area (Å²) < 4.78 is 5.03. The molecule has 1 aromatic rings. The normalized spacial score (nSPS) is 19.6. The first-order valence-corrected chi connectivity index (χ1v) is 3.77. The second-order valence-corrected chi connectivity index (χ2v) is 2.93. The highest BCUT2D eigenvalue weighted by Gasteiger charge is 2.27. The minimum Gasteiger partial charge on any atom is -0.504 e. The zero-order chi connectivity index (χ0) is 9.59. The van der Waals surface area contributed by atoms with E-state index in [-0.39, 0.29) is 18.4 Å². The van der Waals surface area contributed by atoms with Crippen LogP contribution in [0.4, 0.5) is 0 Å². The van der Waals surface area contributed by atoms with Gasteiger partial charge in [-0.2, -0.15) is 0 Å². The van der Waals surface area contributed by atoms with Crippen molar-refractivity contribution >= 4 is 0 Å². The first kappa shape index (κ1) is 8.00. The van der Waals surface area contributed by atoms with Crippen molar-refractivity contribution in [3.8, 4) is 23.0 Å². The fourth-order valence-electron chi connectivity index (χ4n) is 1.34. The van der Waals surface area contributed by atoms with Gasteiger partial charge in [-0.1, -0.05) is 0 Å². The van der Waals surface area contributed by atoms with Gasteiger partial charge in [-0.15, -0.1) is 0 Å². The Bertz CT molecular complexity index is 364. The van der Waals surface area contributed by atoms with Crippen molar-refractivity contribution in [1.29, 1.82) is 0 Å². The van der Waals surface area contributed by atoms with Crippen molar-refractivity contribution < 1.29 is 20.1 Å². The van der Waals surface area contributed by atoms with Crippen LogP contribution in [-0.4, -0.2) is 21.9 Å². The molecule has 0 saturated heterocycles. The molecule has 5 nitrogen and oxygen atoms in total. The van der Waals surface area contributed by atoms with Gasteiger partial charge in [0.05, 0.1) is 6.04 Å². The number of phenols is 3. The van der Waals surface area contributed by atoms with Crippen LogP contribution < -0.4 is 10.5 Å². The van der Waals surface area contributed by atoms with E-state index in [0.717, 1.165) is 0 Å². The third-order valence-electron chi connectivity index (χ3n) is 2.04.